The smallest absolute Gasteiger partial charge is 0.341 e. The van der Waals surface area contributed by atoms with E-state index in [-0.39, 0.29) is 24.8 Å². The second-order valence-electron chi connectivity index (χ2n) is 7.17. The number of amides is 2. The van der Waals surface area contributed by atoms with Crippen LogP contribution in [0.25, 0.3) is 11.1 Å². The van der Waals surface area contributed by atoms with Crippen LogP contribution in [0, 0.1) is 5.92 Å². The number of carbonyl (C=O) groups excluding carboxylic acids is 3. The number of hydrogen-bond donors (Lipinski definition) is 1. The maximum atomic E-state index is 13.0. The number of nitrogens with one attached hydrogen (secondary N) is 1. The van der Waals surface area contributed by atoms with Crippen LogP contribution in [0.3, 0.4) is 0 Å². The van der Waals surface area contributed by atoms with E-state index < -0.39 is 11.9 Å². The minimum atomic E-state index is -0.495. The van der Waals surface area contributed by atoms with Crippen molar-refractivity contribution in [1.29, 1.82) is 0 Å². The lowest BCUT2D eigenvalue weighted by Gasteiger charge is -2.16. The molecule has 0 aliphatic carbocycles. The number of benzene rings is 2. The van der Waals surface area contributed by atoms with Crippen LogP contribution in [-0.2, 0) is 14.3 Å². The normalized spacial score (nSPS) is 15.7. The first-order chi connectivity index (χ1) is 15.1. The molecule has 1 aliphatic heterocycles. The van der Waals surface area contributed by atoms with Crippen LogP contribution in [-0.4, -0.2) is 30.9 Å². The second-order valence-corrected chi connectivity index (χ2v) is 8.05. The van der Waals surface area contributed by atoms with E-state index in [1.807, 2.05) is 66.0 Å². The Kier molecular flexibility index (Phi) is 6.13. The molecule has 4 rings (SSSR count). The van der Waals surface area contributed by atoms with Gasteiger partial charge in [-0.2, -0.15) is 0 Å². The summed E-state index contributed by atoms with van der Waals surface area (Å²) in [6, 6.07) is 18.8. The molecular formula is C24H22N2O4S. The Hall–Kier alpha value is -3.45. The van der Waals surface area contributed by atoms with Crippen molar-refractivity contribution < 1.29 is 19.1 Å². The summed E-state index contributed by atoms with van der Waals surface area (Å²) in [6.45, 7) is 2.28. The molecule has 6 nitrogen and oxygen atoms in total. The van der Waals surface area contributed by atoms with Crippen LogP contribution in [0.5, 0.6) is 0 Å². The molecule has 1 saturated heterocycles. The van der Waals surface area contributed by atoms with Gasteiger partial charge in [-0.15, -0.1) is 11.3 Å². The zero-order valence-corrected chi connectivity index (χ0v) is 17.9. The lowest BCUT2D eigenvalue weighted by Crippen LogP contribution is -2.28. The molecule has 7 heteroatoms. The van der Waals surface area contributed by atoms with E-state index in [9.17, 15) is 14.4 Å². The fourth-order valence-electron chi connectivity index (χ4n) is 3.64. The Morgan fingerprint density at radius 1 is 1.10 bits per heavy atom. The summed E-state index contributed by atoms with van der Waals surface area (Å²) < 4.78 is 5.24. The fourth-order valence-corrected chi connectivity index (χ4v) is 4.60. The Morgan fingerprint density at radius 3 is 2.45 bits per heavy atom. The maximum Gasteiger partial charge on any atom is 0.341 e. The molecule has 1 atom stereocenters. The zero-order chi connectivity index (χ0) is 21.8. The fraction of sp³-hybridized carbons (Fsp3) is 0.208. The van der Waals surface area contributed by atoms with Crippen molar-refractivity contribution in [3.8, 4) is 11.1 Å². The van der Waals surface area contributed by atoms with Crippen molar-refractivity contribution in [3.05, 3.63) is 71.6 Å². The number of anilines is 2. The molecule has 1 fully saturated rings. The van der Waals surface area contributed by atoms with Crippen molar-refractivity contribution >= 4 is 39.8 Å². The van der Waals surface area contributed by atoms with Crippen LogP contribution in [0.4, 0.5) is 10.7 Å². The van der Waals surface area contributed by atoms with Crippen LogP contribution in [0.15, 0.2) is 66.0 Å². The average molecular weight is 435 g/mol. The highest BCUT2D eigenvalue weighted by Crippen LogP contribution is 2.37. The van der Waals surface area contributed by atoms with Gasteiger partial charge in [0.15, 0.2) is 0 Å². The van der Waals surface area contributed by atoms with E-state index in [1.165, 1.54) is 11.3 Å². The average Bonchev–Trinajstić information content (AvgIpc) is 3.39. The molecule has 1 aliphatic rings. The lowest BCUT2D eigenvalue weighted by molar-refractivity contribution is -0.122. The number of rotatable bonds is 6. The first-order valence-electron chi connectivity index (χ1n) is 10.1. The van der Waals surface area contributed by atoms with Gasteiger partial charge in [0.2, 0.25) is 11.8 Å². The van der Waals surface area contributed by atoms with Gasteiger partial charge in [0, 0.05) is 29.6 Å². The van der Waals surface area contributed by atoms with Crippen molar-refractivity contribution in [2.45, 2.75) is 13.3 Å². The van der Waals surface area contributed by atoms with Gasteiger partial charge in [0.1, 0.15) is 10.6 Å². The highest BCUT2D eigenvalue weighted by molar-refractivity contribution is 7.15. The molecule has 1 N–H and O–H groups in total. The standard InChI is InChI=1S/C24H22N2O4S/c1-2-30-24(29)21-19(16-9-5-3-6-10-16)15-31-23(21)25-22(28)17-13-20(27)26(14-17)18-11-7-4-8-12-18/h3-12,15,17H,2,13-14H2,1H3,(H,25,28). The predicted molar refractivity (Wildman–Crippen MR) is 121 cm³/mol. The SMILES string of the molecule is CCOC(=O)c1c(-c2ccccc2)csc1NC(=O)C1CC(=O)N(c2ccccc2)C1. The second kappa shape index (κ2) is 9.14. The molecule has 1 aromatic heterocycles. The van der Waals surface area contributed by atoms with Crippen molar-refractivity contribution in [2.75, 3.05) is 23.4 Å². The van der Waals surface area contributed by atoms with E-state index in [0.29, 0.717) is 22.7 Å². The third-order valence-corrected chi connectivity index (χ3v) is 6.05. The number of hydrogen-bond acceptors (Lipinski definition) is 5. The first kappa shape index (κ1) is 20.8. The summed E-state index contributed by atoms with van der Waals surface area (Å²) in [5.74, 6) is -1.34. The van der Waals surface area contributed by atoms with E-state index >= 15 is 0 Å². The van der Waals surface area contributed by atoms with E-state index in [0.717, 1.165) is 11.3 Å². The monoisotopic (exact) mass is 434 g/mol. The topological polar surface area (TPSA) is 75.7 Å². The van der Waals surface area contributed by atoms with E-state index in [4.69, 9.17) is 4.74 Å². The van der Waals surface area contributed by atoms with E-state index in [1.54, 1.807) is 11.8 Å². The molecule has 158 valence electrons. The summed E-state index contributed by atoms with van der Waals surface area (Å²) in [5, 5.41) is 5.15. The van der Waals surface area contributed by atoms with Gasteiger partial charge in [0.25, 0.3) is 0 Å². The third kappa shape index (κ3) is 4.36. The number of carbonyl (C=O) groups is 3. The summed E-state index contributed by atoms with van der Waals surface area (Å²) in [6.07, 6.45) is 0.131. The Labute approximate surface area is 184 Å². The molecule has 0 radical (unpaired) electrons. The number of thiophene rings is 1. The quantitative estimate of drug-likeness (QED) is 0.576. The van der Waals surface area contributed by atoms with Crippen molar-refractivity contribution in [3.63, 3.8) is 0 Å². The Bertz CT molecular complexity index is 1100. The molecule has 0 bridgehead atoms. The molecular weight excluding hydrogens is 412 g/mol. The lowest BCUT2D eigenvalue weighted by atomic mass is 10.0. The number of para-hydroxylation sites is 1. The maximum absolute atomic E-state index is 13.0. The summed E-state index contributed by atoms with van der Waals surface area (Å²) in [5.41, 5.74) is 2.70. The highest BCUT2D eigenvalue weighted by Gasteiger charge is 2.36. The molecule has 0 spiro atoms. The predicted octanol–water partition coefficient (Wildman–Crippen LogP) is 4.58. The van der Waals surface area contributed by atoms with E-state index in [2.05, 4.69) is 5.32 Å². The van der Waals surface area contributed by atoms with Crippen LogP contribution in [0.2, 0.25) is 0 Å². The molecule has 2 heterocycles. The molecule has 2 amide bonds. The van der Waals surface area contributed by atoms with Gasteiger partial charge in [0.05, 0.1) is 12.5 Å². The molecule has 3 aromatic rings. The van der Waals surface area contributed by atoms with Gasteiger partial charge in [-0.3, -0.25) is 9.59 Å². The van der Waals surface area contributed by atoms with Gasteiger partial charge in [-0.1, -0.05) is 48.5 Å². The van der Waals surface area contributed by atoms with Gasteiger partial charge < -0.3 is 15.0 Å². The largest absolute Gasteiger partial charge is 0.462 e. The summed E-state index contributed by atoms with van der Waals surface area (Å²) >= 11 is 1.28. The molecule has 0 saturated carbocycles. The number of esters is 1. The van der Waals surface area contributed by atoms with Gasteiger partial charge >= 0.3 is 5.97 Å². The van der Waals surface area contributed by atoms with Crippen LogP contribution < -0.4 is 10.2 Å². The number of nitrogens with zero attached hydrogens (tertiary/aromatic N) is 1. The molecule has 31 heavy (non-hydrogen) atoms. The third-order valence-electron chi connectivity index (χ3n) is 5.16. The Balaban J connectivity index is 1.56. The van der Waals surface area contributed by atoms with Crippen LogP contribution in [0.1, 0.15) is 23.7 Å². The van der Waals surface area contributed by atoms with Crippen molar-refractivity contribution in [1.82, 2.24) is 0 Å². The zero-order valence-electron chi connectivity index (χ0n) is 17.0. The Morgan fingerprint density at radius 2 is 1.77 bits per heavy atom. The highest BCUT2D eigenvalue weighted by atomic mass is 32.1. The molecule has 1 unspecified atom stereocenters. The minimum absolute atomic E-state index is 0.0897. The first-order valence-corrected chi connectivity index (χ1v) is 11.0. The van der Waals surface area contributed by atoms with Crippen LogP contribution >= 0.6 is 11.3 Å². The minimum Gasteiger partial charge on any atom is -0.462 e. The van der Waals surface area contributed by atoms with Crippen molar-refractivity contribution in [2.24, 2.45) is 5.92 Å². The summed E-state index contributed by atoms with van der Waals surface area (Å²) in [7, 11) is 0. The summed E-state index contributed by atoms with van der Waals surface area (Å²) in [4.78, 5) is 39.8. The van der Waals surface area contributed by atoms with Gasteiger partial charge in [-0.25, -0.2) is 4.79 Å². The number of ether oxygens (including phenoxy) is 1. The molecule has 2 aromatic carbocycles. The van der Waals surface area contributed by atoms with Gasteiger partial charge in [-0.05, 0) is 24.6 Å².